The highest BCUT2D eigenvalue weighted by atomic mass is 15.1. The molecular weight excluding hydrogens is 194 g/mol. The molecule has 1 heterocycles. The molecule has 0 unspecified atom stereocenters. The second-order valence-corrected chi connectivity index (χ2v) is 5.72. The zero-order valence-electron chi connectivity index (χ0n) is 10.8. The number of fused-ring (bicyclic) bond motifs is 1. The van der Waals surface area contributed by atoms with E-state index in [2.05, 4.69) is 57.5 Å². The fourth-order valence-electron chi connectivity index (χ4n) is 2.17. The lowest BCUT2D eigenvalue weighted by Gasteiger charge is -2.31. The van der Waals surface area contributed by atoms with Crippen molar-refractivity contribution >= 4 is 5.69 Å². The van der Waals surface area contributed by atoms with E-state index in [1.807, 2.05) is 0 Å². The molecule has 2 rings (SSSR count). The van der Waals surface area contributed by atoms with Gasteiger partial charge in [-0.1, -0.05) is 39.5 Å². The Hall–Kier alpha value is -1.24. The quantitative estimate of drug-likeness (QED) is 0.635. The first kappa shape index (κ1) is 11.3. The first-order valence-corrected chi connectivity index (χ1v) is 5.94. The molecule has 1 heteroatoms. The predicted molar refractivity (Wildman–Crippen MR) is 71.0 cm³/mol. The van der Waals surface area contributed by atoms with Crippen molar-refractivity contribution in [2.45, 2.75) is 39.0 Å². The summed E-state index contributed by atoms with van der Waals surface area (Å²) in [5, 5.41) is 0. The molecule has 0 amide bonds. The van der Waals surface area contributed by atoms with Crippen LogP contribution in [0.15, 0.2) is 30.5 Å². The molecule has 0 fully saturated rings. The SMILES string of the molecule is C=C1CCc2ccc(C(C)(C)C)cc2N1C. The predicted octanol–water partition coefficient (Wildman–Crippen LogP) is 3.88. The minimum Gasteiger partial charge on any atom is -0.349 e. The molecule has 0 N–H and O–H groups in total. The third kappa shape index (κ3) is 1.87. The maximum absolute atomic E-state index is 4.11. The highest BCUT2D eigenvalue weighted by Gasteiger charge is 2.20. The van der Waals surface area contributed by atoms with Crippen LogP contribution >= 0.6 is 0 Å². The number of hydrogen-bond acceptors (Lipinski definition) is 1. The summed E-state index contributed by atoms with van der Waals surface area (Å²) in [4.78, 5) is 2.23. The van der Waals surface area contributed by atoms with Crippen molar-refractivity contribution < 1.29 is 0 Å². The first-order valence-electron chi connectivity index (χ1n) is 5.94. The maximum atomic E-state index is 4.11. The van der Waals surface area contributed by atoms with Gasteiger partial charge < -0.3 is 4.90 Å². The maximum Gasteiger partial charge on any atom is 0.0441 e. The van der Waals surface area contributed by atoms with Gasteiger partial charge in [0.25, 0.3) is 0 Å². The largest absolute Gasteiger partial charge is 0.349 e. The van der Waals surface area contributed by atoms with Gasteiger partial charge >= 0.3 is 0 Å². The van der Waals surface area contributed by atoms with Crippen LogP contribution in [-0.4, -0.2) is 7.05 Å². The summed E-state index contributed by atoms with van der Waals surface area (Å²) in [5.41, 5.74) is 5.62. The van der Waals surface area contributed by atoms with Gasteiger partial charge in [-0.05, 0) is 35.4 Å². The van der Waals surface area contributed by atoms with Gasteiger partial charge in [0.05, 0.1) is 0 Å². The molecule has 86 valence electrons. The summed E-state index contributed by atoms with van der Waals surface area (Å²) in [7, 11) is 2.12. The number of rotatable bonds is 0. The van der Waals surface area contributed by atoms with Gasteiger partial charge in [-0.15, -0.1) is 0 Å². The molecule has 0 bridgehead atoms. The Kier molecular flexibility index (Phi) is 2.57. The summed E-state index contributed by atoms with van der Waals surface area (Å²) in [6.07, 6.45) is 2.21. The third-order valence-corrected chi connectivity index (χ3v) is 3.47. The van der Waals surface area contributed by atoms with Crippen molar-refractivity contribution in [1.82, 2.24) is 0 Å². The Morgan fingerprint density at radius 2 is 1.88 bits per heavy atom. The molecule has 1 aromatic rings. The Balaban J connectivity index is 2.48. The minimum atomic E-state index is 0.217. The number of aryl methyl sites for hydroxylation is 1. The number of anilines is 1. The first-order chi connectivity index (χ1) is 7.39. The molecule has 1 aliphatic heterocycles. The van der Waals surface area contributed by atoms with Gasteiger partial charge in [0.15, 0.2) is 0 Å². The molecule has 1 nitrogen and oxygen atoms in total. The van der Waals surface area contributed by atoms with Crippen LogP contribution in [0.25, 0.3) is 0 Å². The van der Waals surface area contributed by atoms with E-state index in [-0.39, 0.29) is 5.41 Å². The highest BCUT2D eigenvalue weighted by molar-refractivity contribution is 5.61. The summed E-state index contributed by atoms with van der Waals surface area (Å²) >= 11 is 0. The van der Waals surface area contributed by atoms with Crippen molar-refractivity contribution in [3.63, 3.8) is 0 Å². The highest BCUT2D eigenvalue weighted by Crippen LogP contribution is 2.34. The number of nitrogens with zero attached hydrogens (tertiary/aromatic N) is 1. The van der Waals surface area contributed by atoms with Crippen LogP contribution in [-0.2, 0) is 11.8 Å². The second kappa shape index (κ2) is 3.65. The van der Waals surface area contributed by atoms with Crippen molar-refractivity contribution in [2.75, 3.05) is 11.9 Å². The standard InChI is InChI=1S/C15H21N/c1-11-6-7-12-8-9-13(15(2,3)4)10-14(12)16(11)5/h8-10H,1,6-7H2,2-5H3. The van der Waals surface area contributed by atoms with Crippen LogP contribution in [0.5, 0.6) is 0 Å². The van der Waals surface area contributed by atoms with Crippen LogP contribution in [0.1, 0.15) is 38.3 Å². The molecule has 0 saturated heterocycles. The summed E-state index contributed by atoms with van der Waals surface area (Å²) in [6.45, 7) is 10.9. The average Bonchev–Trinajstić information content (AvgIpc) is 2.22. The molecule has 16 heavy (non-hydrogen) atoms. The Morgan fingerprint density at radius 1 is 1.19 bits per heavy atom. The average molecular weight is 215 g/mol. The lowest BCUT2D eigenvalue weighted by molar-refractivity contribution is 0.589. The van der Waals surface area contributed by atoms with Gasteiger partial charge in [0, 0.05) is 18.4 Å². The normalized spacial score (nSPS) is 16.2. The van der Waals surface area contributed by atoms with E-state index in [1.54, 1.807) is 0 Å². The van der Waals surface area contributed by atoms with E-state index in [0.717, 1.165) is 12.8 Å². The van der Waals surface area contributed by atoms with Gasteiger partial charge in [0.2, 0.25) is 0 Å². The van der Waals surface area contributed by atoms with Crippen molar-refractivity contribution in [1.29, 1.82) is 0 Å². The molecule has 0 radical (unpaired) electrons. The molecule has 0 aliphatic carbocycles. The van der Waals surface area contributed by atoms with Crippen LogP contribution in [0, 0.1) is 0 Å². The fourth-order valence-corrected chi connectivity index (χ4v) is 2.17. The Bertz CT molecular complexity index is 424. The molecule has 1 aliphatic rings. The number of benzene rings is 1. The number of hydrogen-bond donors (Lipinski definition) is 0. The van der Waals surface area contributed by atoms with E-state index in [1.165, 1.54) is 22.5 Å². The van der Waals surface area contributed by atoms with Crippen LogP contribution in [0.2, 0.25) is 0 Å². The lowest BCUT2D eigenvalue weighted by atomic mass is 9.85. The van der Waals surface area contributed by atoms with Crippen LogP contribution < -0.4 is 4.90 Å². The molecule has 0 atom stereocenters. The Morgan fingerprint density at radius 3 is 2.50 bits per heavy atom. The van der Waals surface area contributed by atoms with E-state index in [4.69, 9.17) is 0 Å². The van der Waals surface area contributed by atoms with Crippen molar-refractivity contribution in [2.24, 2.45) is 0 Å². The third-order valence-electron chi connectivity index (χ3n) is 3.47. The monoisotopic (exact) mass is 215 g/mol. The zero-order valence-corrected chi connectivity index (χ0v) is 10.8. The number of allylic oxidation sites excluding steroid dienone is 1. The van der Waals surface area contributed by atoms with Crippen molar-refractivity contribution in [3.8, 4) is 0 Å². The summed E-state index contributed by atoms with van der Waals surface area (Å²) < 4.78 is 0. The second-order valence-electron chi connectivity index (χ2n) is 5.72. The fraction of sp³-hybridized carbons (Fsp3) is 0.467. The molecule has 0 spiro atoms. The molecular formula is C15H21N. The molecule has 0 aromatic heterocycles. The van der Waals surface area contributed by atoms with Gasteiger partial charge in [-0.25, -0.2) is 0 Å². The summed E-state index contributed by atoms with van der Waals surface area (Å²) in [6, 6.07) is 6.86. The molecule has 0 saturated carbocycles. The van der Waals surface area contributed by atoms with Gasteiger partial charge in [-0.3, -0.25) is 0 Å². The van der Waals surface area contributed by atoms with E-state index >= 15 is 0 Å². The van der Waals surface area contributed by atoms with Crippen LogP contribution in [0.3, 0.4) is 0 Å². The van der Waals surface area contributed by atoms with Gasteiger partial charge in [0.1, 0.15) is 0 Å². The van der Waals surface area contributed by atoms with Crippen LogP contribution in [0.4, 0.5) is 5.69 Å². The van der Waals surface area contributed by atoms with E-state index in [9.17, 15) is 0 Å². The Labute approximate surface area is 98.8 Å². The lowest BCUT2D eigenvalue weighted by Crippen LogP contribution is -2.23. The van der Waals surface area contributed by atoms with E-state index < -0.39 is 0 Å². The smallest absolute Gasteiger partial charge is 0.0441 e. The minimum absolute atomic E-state index is 0.217. The van der Waals surface area contributed by atoms with Gasteiger partial charge in [-0.2, -0.15) is 0 Å². The molecule has 1 aromatic carbocycles. The zero-order chi connectivity index (χ0) is 11.9. The topological polar surface area (TPSA) is 3.24 Å². The van der Waals surface area contributed by atoms with E-state index in [0.29, 0.717) is 0 Å². The van der Waals surface area contributed by atoms with Crippen molar-refractivity contribution in [3.05, 3.63) is 41.6 Å². The summed E-state index contributed by atoms with van der Waals surface area (Å²) in [5.74, 6) is 0.